The van der Waals surface area contributed by atoms with Crippen molar-refractivity contribution in [3.05, 3.63) is 71.2 Å². The Kier molecular flexibility index (Phi) is 5.49. The number of carbonyl (C=O) groups excluding carboxylic acids is 1. The number of ether oxygens (including phenoxy) is 1. The summed E-state index contributed by atoms with van der Waals surface area (Å²) in [4.78, 5) is 12.7. The second-order valence-electron chi connectivity index (χ2n) is 6.08. The van der Waals surface area contributed by atoms with Crippen LogP contribution in [0.1, 0.15) is 17.3 Å². The summed E-state index contributed by atoms with van der Waals surface area (Å²) in [7, 11) is 0. The molecule has 0 bridgehead atoms. The molecule has 2 aromatic carbocycles. The molecule has 0 spiro atoms. The number of nitrogens with one attached hydrogen (secondary N) is 1. The molecule has 9 heteroatoms. The van der Waals surface area contributed by atoms with E-state index < -0.39 is 11.7 Å². The average Bonchev–Trinajstić information content (AvgIpc) is 3.43. The highest BCUT2D eigenvalue weighted by molar-refractivity contribution is 6.31. The molecular formula is C21H15ClFN3O4. The number of rotatable bonds is 6. The summed E-state index contributed by atoms with van der Waals surface area (Å²) in [6, 6.07) is 12.4. The van der Waals surface area contributed by atoms with E-state index in [2.05, 4.69) is 15.5 Å². The summed E-state index contributed by atoms with van der Waals surface area (Å²) in [6.07, 6.45) is 1.46. The molecule has 152 valence electrons. The highest BCUT2D eigenvalue weighted by atomic mass is 35.5. The zero-order chi connectivity index (χ0) is 21.1. The maximum atomic E-state index is 15.1. The SMILES string of the molecule is CCOc1ccc(Cl)cc1C(=O)Nc1cccc(-c2nnc(-c3ccco3)o2)c1F. The number of halogens is 2. The fourth-order valence-corrected chi connectivity index (χ4v) is 2.95. The Labute approximate surface area is 175 Å². The first-order valence-electron chi connectivity index (χ1n) is 8.96. The van der Waals surface area contributed by atoms with E-state index in [4.69, 9.17) is 25.2 Å². The number of benzene rings is 2. The average molecular weight is 428 g/mol. The van der Waals surface area contributed by atoms with Gasteiger partial charge in [0.25, 0.3) is 17.7 Å². The van der Waals surface area contributed by atoms with E-state index in [1.165, 1.54) is 24.5 Å². The fourth-order valence-electron chi connectivity index (χ4n) is 2.78. The minimum atomic E-state index is -0.722. The third-order valence-electron chi connectivity index (χ3n) is 4.12. The number of anilines is 1. The van der Waals surface area contributed by atoms with Crippen molar-refractivity contribution in [2.45, 2.75) is 6.92 Å². The number of hydrogen-bond donors (Lipinski definition) is 1. The van der Waals surface area contributed by atoms with E-state index in [9.17, 15) is 4.79 Å². The molecular weight excluding hydrogens is 413 g/mol. The van der Waals surface area contributed by atoms with Gasteiger partial charge in [0.2, 0.25) is 0 Å². The lowest BCUT2D eigenvalue weighted by Gasteiger charge is -2.12. The number of nitrogens with zero attached hydrogens (tertiary/aromatic N) is 2. The van der Waals surface area contributed by atoms with E-state index in [1.807, 2.05) is 0 Å². The first-order chi connectivity index (χ1) is 14.6. The Bertz CT molecular complexity index is 1190. The molecule has 1 amide bonds. The molecule has 4 aromatic rings. The lowest BCUT2D eigenvalue weighted by molar-refractivity contribution is 0.102. The predicted octanol–water partition coefficient (Wildman–Crippen LogP) is 5.44. The number of aromatic nitrogens is 2. The third-order valence-corrected chi connectivity index (χ3v) is 4.36. The van der Waals surface area contributed by atoms with Crippen LogP contribution in [0.15, 0.2) is 63.6 Å². The molecule has 2 heterocycles. The van der Waals surface area contributed by atoms with Crippen LogP contribution >= 0.6 is 11.6 Å². The van der Waals surface area contributed by atoms with Crippen LogP contribution in [0.25, 0.3) is 23.1 Å². The van der Waals surface area contributed by atoms with Gasteiger partial charge >= 0.3 is 0 Å². The Balaban J connectivity index is 1.63. The number of furan rings is 1. The van der Waals surface area contributed by atoms with Crippen LogP contribution in [0, 0.1) is 5.82 Å². The highest BCUT2D eigenvalue weighted by Crippen LogP contribution is 2.30. The van der Waals surface area contributed by atoms with Crippen LogP contribution in [0.5, 0.6) is 5.75 Å². The molecule has 0 aliphatic heterocycles. The zero-order valence-electron chi connectivity index (χ0n) is 15.7. The predicted molar refractivity (Wildman–Crippen MR) is 108 cm³/mol. The first-order valence-corrected chi connectivity index (χ1v) is 9.34. The summed E-state index contributed by atoms with van der Waals surface area (Å²) in [6.45, 7) is 2.15. The quantitative estimate of drug-likeness (QED) is 0.440. The van der Waals surface area contributed by atoms with Crippen molar-refractivity contribution in [1.29, 1.82) is 0 Å². The van der Waals surface area contributed by atoms with Gasteiger partial charge in [0.05, 0.1) is 29.7 Å². The van der Waals surface area contributed by atoms with Crippen molar-refractivity contribution in [2.75, 3.05) is 11.9 Å². The van der Waals surface area contributed by atoms with Crippen LogP contribution in [-0.2, 0) is 0 Å². The molecule has 0 radical (unpaired) electrons. The molecule has 2 aromatic heterocycles. The molecule has 0 saturated carbocycles. The fraction of sp³-hybridized carbons (Fsp3) is 0.0952. The molecule has 7 nitrogen and oxygen atoms in total. The van der Waals surface area contributed by atoms with Gasteiger partial charge in [-0.1, -0.05) is 17.7 Å². The largest absolute Gasteiger partial charge is 0.493 e. The molecule has 0 atom stereocenters. The zero-order valence-corrected chi connectivity index (χ0v) is 16.4. The van der Waals surface area contributed by atoms with Gasteiger partial charge in [-0.15, -0.1) is 10.2 Å². The molecule has 0 aliphatic carbocycles. The van der Waals surface area contributed by atoms with Crippen molar-refractivity contribution in [2.24, 2.45) is 0 Å². The van der Waals surface area contributed by atoms with Crippen LogP contribution in [0.2, 0.25) is 5.02 Å². The van der Waals surface area contributed by atoms with Gasteiger partial charge in [-0.05, 0) is 49.4 Å². The Morgan fingerprint density at radius 1 is 1.17 bits per heavy atom. The Morgan fingerprint density at radius 2 is 2.00 bits per heavy atom. The molecule has 0 fully saturated rings. The van der Waals surface area contributed by atoms with Gasteiger partial charge in [0.15, 0.2) is 11.6 Å². The van der Waals surface area contributed by atoms with Crippen LogP contribution < -0.4 is 10.1 Å². The van der Waals surface area contributed by atoms with Gasteiger partial charge in [-0.2, -0.15) is 0 Å². The van der Waals surface area contributed by atoms with E-state index in [0.717, 1.165) is 0 Å². The topological polar surface area (TPSA) is 90.4 Å². The van der Waals surface area contributed by atoms with Gasteiger partial charge in [0.1, 0.15) is 5.75 Å². The Morgan fingerprint density at radius 3 is 2.77 bits per heavy atom. The maximum absolute atomic E-state index is 15.1. The molecule has 1 N–H and O–H groups in total. The molecule has 0 saturated heterocycles. The van der Waals surface area contributed by atoms with Crippen molar-refractivity contribution in [1.82, 2.24) is 10.2 Å². The van der Waals surface area contributed by atoms with E-state index in [1.54, 1.807) is 37.3 Å². The van der Waals surface area contributed by atoms with Crippen LogP contribution in [0.3, 0.4) is 0 Å². The van der Waals surface area contributed by atoms with Crippen molar-refractivity contribution < 1.29 is 22.8 Å². The van der Waals surface area contributed by atoms with Gasteiger partial charge < -0.3 is 18.9 Å². The number of hydrogen-bond acceptors (Lipinski definition) is 6. The smallest absolute Gasteiger partial charge is 0.283 e. The molecule has 0 unspecified atom stereocenters. The minimum Gasteiger partial charge on any atom is -0.493 e. The second-order valence-corrected chi connectivity index (χ2v) is 6.52. The summed E-state index contributed by atoms with van der Waals surface area (Å²) < 4.78 is 31.2. The summed E-state index contributed by atoms with van der Waals surface area (Å²) >= 11 is 6.00. The van der Waals surface area contributed by atoms with E-state index in [-0.39, 0.29) is 28.6 Å². The highest BCUT2D eigenvalue weighted by Gasteiger charge is 2.20. The molecule has 0 aliphatic rings. The third kappa shape index (κ3) is 3.90. The van der Waals surface area contributed by atoms with Crippen LogP contribution in [-0.4, -0.2) is 22.7 Å². The molecule has 4 rings (SSSR count). The van der Waals surface area contributed by atoms with Crippen molar-refractivity contribution in [3.8, 4) is 28.9 Å². The molecule has 30 heavy (non-hydrogen) atoms. The Hall–Kier alpha value is -3.65. The van der Waals surface area contributed by atoms with Crippen molar-refractivity contribution >= 4 is 23.2 Å². The normalized spacial score (nSPS) is 10.8. The minimum absolute atomic E-state index is 0.0363. The van der Waals surface area contributed by atoms with Gasteiger partial charge in [0, 0.05) is 5.02 Å². The second kappa shape index (κ2) is 8.38. The van der Waals surface area contributed by atoms with Crippen molar-refractivity contribution in [3.63, 3.8) is 0 Å². The lowest BCUT2D eigenvalue weighted by Crippen LogP contribution is -2.15. The number of carbonyl (C=O) groups is 1. The summed E-state index contributed by atoms with van der Waals surface area (Å²) in [5.74, 6) is -0.518. The standard InChI is InChI=1S/C21H15ClFN3O4/c1-2-28-16-9-8-12(22)11-14(16)19(27)24-15-6-3-5-13(18(15)23)20-25-26-21(30-20)17-7-4-10-29-17/h3-11H,2H2,1H3,(H,24,27). The number of amides is 1. The van der Waals surface area contributed by atoms with Gasteiger partial charge in [-0.25, -0.2) is 4.39 Å². The van der Waals surface area contributed by atoms with E-state index >= 15 is 4.39 Å². The van der Waals surface area contributed by atoms with Gasteiger partial charge in [-0.3, -0.25) is 4.79 Å². The monoisotopic (exact) mass is 427 g/mol. The lowest BCUT2D eigenvalue weighted by atomic mass is 10.1. The van der Waals surface area contributed by atoms with Crippen LogP contribution in [0.4, 0.5) is 10.1 Å². The summed E-state index contributed by atoms with van der Waals surface area (Å²) in [5, 5.41) is 10.6. The first kappa shape index (κ1) is 19.7. The summed E-state index contributed by atoms with van der Waals surface area (Å²) in [5.41, 5.74) is 0.166. The maximum Gasteiger partial charge on any atom is 0.283 e. The van der Waals surface area contributed by atoms with E-state index in [0.29, 0.717) is 23.1 Å².